The maximum atomic E-state index is 5.25. The predicted octanol–water partition coefficient (Wildman–Crippen LogP) is 1.43. The zero-order valence-corrected chi connectivity index (χ0v) is 18.0. The van der Waals surface area contributed by atoms with Gasteiger partial charge < -0.3 is 15.2 Å². The molecule has 2 aromatic rings. The Labute approximate surface area is 170 Å². The Morgan fingerprint density at radius 3 is 2.88 bits per heavy atom. The first-order valence-electron chi connectivity index (χ1n) is 8.75. The smallest absolute Gasteiger partial charge is 0.228 e. The molecule has 0 spiro atoms. The highest BCUT2D eigenvalue weighted by molar-refractivity contribution is 14.0. The Kier molecular flexibility index (Phi) is 7.35. The molecule has 26 heavy (non-hydrogen) atoms. The number of hydrogen-bond donors (Lipinski definition) is 2. The lowest BCUT2D eigenvalue weighted by Crippen LogP contribution is -2.47. The second-order valence-corrected chi connectivity index (χ2v) is 6.59. The molecule has 1 atom stereocenters. The lowest BCUT2D eigenvalue weighted by molar-refractivity contribution is 0.370. The average molecular weight is 474 g/mol. The summed E-state index contributed by atoms with van der Waals surface area (Å²) in [6, 6.07) is 0.288. The molecule has 0 radical (unpaired) electrons. The number of guanidine groups is 1. The van der Waals surface area contributed by atoms with Crippen molar-refractivity contribution in [1.29, 1.82) is 0 Å². The molecule has 0 saturated carbocycles. The van der Waals surface area contributed by atoms with Gasteiger partial charge in [-0.2, -0.15) is 10.1 Å². The van der Waals surface area contributed by atoms with Crippen molar-refractivity contribution in [3.05, 3.63) is 23.4 Å². The van der Waals surface area contributed by atoms with E-state index in [2.05, 4.69) is 35.8 Å². The maximum Gasteiger partial charge on any atom is 0.228 e. The minimum Gasteiger partial charge on any atom is -0.356 e. The fourth-order valence-corrected chi connectivity index (χ4v) is 2.83. The third-order valence-electron chi connectivity index (χ3n) is 4.16. The van der Waals surface area contributed by atoms with Gasteiger partial charge in [0.15, 0.2) is 11.8 Å². The number of aromatic nitrogens is 5. The van der Waals surface area contributed by atoms with E-state index in [0.29, 0.717) is 18.9 Å². The lowest BCUT2D eigenvalue weighted by atomic mass is 10.1. The summed E-state index contributed by atoms with van der Waals surface area (Å²) in [7, 11) is 1.77. The topological polar surface area (TPSA) is 106 Å². The minimum absolute atomic E-state index is 0. The lowest BCUT2D eigenvalue weighted by Gasteiger charge is -2.25. The number of aliphatic imine (C=N–C) groups is 1. The molecule has 3 rings (SSSR count). The third-order valence-corrected chi connectivity index (χ3v) is 4.16. The Hall–Kier alpha value is -1.72. The van der Waals surface area contributed by atoms with Gasteiger partial charge in [0.1, 0.15) is 11.6 Å². The summed E-state index contributed by atoms with van der Waals surface area (Å²) in [5.41, 5.74) is 0. The van der Waals surface area contributed by atoms with Crippen molar-refractivity contribution in [3.63, 3.8) is 0 Å². The van der Waals surface area contributed by atoms with Crippen molar-refractivity contribution >= 4 is 29.9 Å². The van der Waals surface area contributed by atoms with Crippen LogP contribution in [0.2, 0.25) is 0 Å². The van der Waals surface area contributed by atoms with Gasteiger partial charge in [0, 0.05) is 38.4 Å². The van der Waals surface area contributed by atoms with Gasteiger partial charge in [-0.1, -0.05) is 19.0 Å². The van der Waals surface area contributed by atoms with Crippen LogP contribution >= 0.6 is 24.0 Å². The second kappa shape index (κ2) is 9.28. The normalized spacial score (nSPS) is 17.0. The van der Waals surface area contributed by atoms with Crippen LogP contribution in [0.15, 0.2) is 9.52 Å². The highest BCUT2D eigenvalue weighted by Gasteiger charge is 2.21. The molecule has 0 bridgehead atoms. The van der Waals surface area contributed by atoms with E-state index >= 15 is 0 Å². The van der Waals surface area contributed by atoms with Gasteiger partial charge in [-0.25, -0.2) is 9.67 Å². The van der Waals surface area contributed by atoms with Gasteiger partial charge in [0.05, 0.1) is 6.54 Å². The van der Waals surface area contributed by atoms with Crippen LogP contribution in [0.25, 0.3) is 0 Å². The van der Waals surface area contributed by atoms with Crippen molar-refractivity contribution in [2.45, 2.75) is 58.5 Å². The van der Waals surface area contributed by atoms with Crippen molar-refractivity contribution in [2.75, 3.05) is 13.6 Å². The molecule has 1 aliphatic heterocycles. The van der Waals surface area contributed by atoms with E-state index in [-0.39, 0.29) is 35.9 Å². The number of nitrogens with one attached hydrogen (secondary N) is 2. The summed E-state index contributed by atoms with van der Waals surface area (Å²) in [6.07, 6.45) is 2.60. The molecule has 2 N–H and O–H groups in total. The monoisotopic (exact) mass is 474 g/mol. The molecule has 10 heteroatoms. The molecule has 0 saturated heterocycles. The molecule has 1 unspecified atom stereocenters. The largest absolute Gasteiger partial charge is 0.356 e. The first kappa shape index (κ1) is 20.6. The number of aryl methyl sites for hydroxylation is 2. The summed E-state index contributed by atoms with van der Waals surface area (Å²) in [4.78, 5) is 13.1. The van der Waals surface area contributed by atoms with E-state index in [9.17, 15) is 0 Å². The number of halogens is 1. The van der Waals surface area contributed by atoms with E-state index in [1.165, 1.54) is 0 Å². The number of hydrogen-bond acceptors (Lipinski definition) is 6. The minimum atomic E-state index is 0. The van der Waals surface area contributed by atoms with Gasteiger partial charge in [0.25, 0.3) is 0 Å². The predicted molar refractivity (Wildman–Crippen MR) is 109 cm³/mol. The van der Waals surface area contributed by atoms with Crippen molar-refractivity contribution < 1.29 is 4.52 Å². The molecule has 0 amide bonds. The van der Waals surface area contributed by atoms with Crippen molar-refractivity contribution in [1.82, 2.24) is 35.5 Å². The fraction of sp³-hybridized carbons (Fsp3) is 0.688. The summed E-state index contributed by atoms with van der Waals surface area (Å²) in [5.74, 6) is 4.34. The van der Waals surface area contributed by atoms with Gasteiger partial charge >= 0.3 is 0 Å². The SMILES string of the molecule is CN=C(NCCc1nc(C(C)C)no1)NC1CCc2nc(C)nn2C1.I. The number of nitrogens with zero attached hydrogens (tertiary/aromatic N) is 6. The van der Waals surface area contributed by atoms with Gasteiger partial charge in [-0.3, -0.25) is 4.99 Å². The molecular formula is C16H27IN8O. The van der Waals surface area contributed by atoms with E-state index in [1.54, 1.807) is 7.05 Å². The molecule has 0 aromatic carbocycles. The average Bonchev–Trinajstić information content (AvgIpc) is 3.19. The van der Waals surface area contributed by atoms with Crippen molar-refractivity contribution in [2.24, 2.45) is 4.99 Å². The summed E-state index contributed by atoms with van der Waals surface area (Å²) in [5, 5.41) is 15.2. The second-order valence-electron chi connectivity index (χ2n) is 6.59. The zero-order valence-electron chi connectivity index (χ0n) is 15.7. The summed E-state index contributed by atoms with van der Waals surface area (Å²) in [6.45, 7) is 7.50. The molecule has 1 aliphatic rings. The molecule has 9 nitrogen and oxygen atoms in total. The Morgan fingerprint density at radius 2 is 2.19 bits per heavy atom. The fourth-order valence-electron chi connectivity index (χ4n) is 2.83. The van der Waals surface area contributed by atoms with E-state index < -0.39 is 0 Å². The van der Waals surface area contributed by atoms with Crippen LogP contribution < -0.4 is 10.6 Å². The molecule has 3 heterocycles. The van der Waals surface area contributed by atoms with Crippen LogP contribution in [0.1, 0.15) is 49.6 Å². The van der Waals surface area contributed by atoms with Crippen LogP contribution in [-0.4, -0.2) is 50.5 Å². The van der Waals surface area contributed by atoms with E-state index in [1.807, 2.05) is 25.5 Å². The number of fused-ring (bicyclic) bond motifs is 1. The van der Waals surface area contributed by atoms with Crippen LogP contribution in [0.4, 0.5) is 0 Å². The van der Waals surface area contributed by atoms with Crippen molar-refractivity contribution in [3.8, 4) is 0 Å². The van der Waals surface area contributed by atoms with Gasteiger partial charge in [-0.15, -0.1) is 24.0 Å². The molecule has 0 aliphatic carbocycles. The molecule has 2 aromatic heterocycles. The molecule has 144 valence electrons. The van der Waals surface area contributed by atoms with E-state index in [0.717, 1.165) is 42.8 Å². The van der Waals surface area contributed by atoms with Crippen LogP contribution in [0, 0.1) is 6.92 Å². The van der Waals surface area contributed by atoms with E-state index in [4.69, 9.17) is 4.52 Å². The van der Waals surface area contributed by atoms with Crippen LogP contribution in [-0.2, 0) is 19.4 Å². The zero-order chi connectivity index (χ0) is 17.8. The Morgan fingerprint density at radius 1 is 1.38 bits per heavy atom. The highest BCUT2D eigenvalue weighted by atomic mass is 127. The first-order valence-corrected chi connectivity index (χ1v) is 8.75. The third kappa shape index (κ3) is 5.15. The maximum absolute atomic E-state index is 5.25. The van der Waals surface area contributed by atoms with Gasteiger partial charge in [-0.05, 0) is 13.3 Å². The highest BCUT2D eigenvalue weighted by Crippen LogP contribution is 2.13. The van der Waals surface area contributed by atoms with Crippen LogP contribution in [0.5, 0.6) is 0 Å². The standard InChI is InChI=1S/C16H26N8O.HI/c1-10(2)15-21-14(25-23-15)7-8-18-16(17-4)20-12-5-6-13-19-11(3)22-24(13)9-12;/h10,12H,5-9H2,1-4H3,(H2,17,18,20);1H. The van der Waals surface area contributed by atoms with Gasteiger partial charge in [0.2, 0.25) is 5.89 Å². The number of rotatable bonds is 5. The quantitative estimate of drug-likeness (QED) is 0.384. The first-order chi connectivity index (χ1) is 12.0. The molecular weight excluding hydrogens is 447 g/mol. The van der Waals surface area contributed by atoms with Crippen LogP contribution in [0.3, 0.4) is 0 Å². The summed E-state index contributed by atoms with van der Waals surface area (Å²) < 4.78 is 7.23. The Balaban J connectivity index is 0.00000243. The Bertz CT molecular complexity index is 738. The summed E-state index contributed by atoms with van der Waals surface area (Å²) >= 11 is 0. The molecule has 0 fully saturated rings.